The van der Waals surface area contributed by atoms with E-state index in [0.29, 0.717) is 11.2 Å². The lowest BCUT2D eigenvalue weighted by Crippen LogP contribution is -2.37. The first-order valence-corrected chi connectivity index (χ1v) is 8.24. The fraction of sp³-hybridized carbons (Fsp3) is 0.600. The van der Waals surface area contributed by atoms with Crippen molar-refractivity contribution in [3.05, 3.63) is 22.6 Å². The summed E-state index contributed by atoms with van der Waals surface area (Å²) in [5, 5.41) is 5.35. The molecule has 1 aliphatic rings. The number of hydrogen-bond acceptors (Lipinski definition) is 3. The Bertz CT molecular complexity index is 481. The quantitative estimate of drug-likeness (QED) is 0.737. The van der Waals surface area contributed by atoms with Crippen LogP contribution in [0, 0.1) is 5.92 Å². The molecule has 0 spiro atoms. The second-order valence-electron chi connectivity index (χ2n) is 5.43. The van der Waals surface area contributed by atoms with Crippen molar-refractivity contribution in [3.8, 4) is 0 Å². The fourth-order valence-corrected chi connectivity index (χ4v) is 2.97. The van der Waals surface area contributed by atoms with Gasteiger partial charge in [-0.15, -0.1) is 0 Å². The summed E-state index contributed by atoms with van der Waals surface area (Å²) in [6.45, 7) is 0.651. The van der Waals surface area contributed by atoms with Gasteiger partial charge in [-0.3, -0.25) is 9.59 Å². The molecule has 1 aromatic heterocycles. The highest BCUT2D eigenvalue weighted by molar-refractivity contribution is 9.10. The van der Waals surface area contributed by atoms with E-state index in [4.69, 9.17) is 4.42 Å². The van der Waals surface area contributed by atoms with Crippen molar-refractivity contribution in [1.82, 2.24) is 10.6 Å². The third-order valence-corrected chi connectivity index (χ3v) is 4.22. The summed E-state index contributed by atoms with van der Waals surface area (Å²) in [6.07, 6.45) is 7.58. The van der Waals surface area contributed by atoms with Crippen molar-refractivity contribution in [3.63, 3.8) is 0 Å². The Kier molecular flexibility index (Phi) is 6.29. The smallest absolute Gasteiger partial charge is 0.287 e. The topological polar surface area (TPSA) is 71.3 Å². The van der Waals surface area contributed by atoms with E-state index in [9.17, 15) is 9.59 Å². The Morgan fingerprint density at radius 1 is 1.24 bits per heavy atom. The van der Waals surface area contributed by atoms with Crippen LogP contribution in [0.1, 0.15) is 49.1 Å². The monoisotopic (exact) mass is 356 g/mol. The van der Waals surface area contributed by atoms with E-state index < -0.39 is 0 Å². The summed E-state index contributed by atoms with van der Waals surface area (Å²) < 4.78 is 5.60. The zero-order valence-corrected chi connectivity index (χ0v) is 13.6. The van der Waals surface area contributed by atoms with Gasteiger partial charge in [-0.25, -0.2) is 0 Å². The van der Waals surface area contributed by atoms with E-state index in [1.165, 1.54) is 32.1 Å². The molecule has 0 radical (unpaired) electrons. The molecule has 0 unspecified atom stereocenters. The van der Waals surface area contributed by atoms with Gasteiger partial charge < -0.3 is 15.1 Å². The van der Waals surface area contributed by atoms with E-state index in [1.54, 1.807) is 12.1 Å². The van der Waals surface area contributed by atoms with Crippen molar-refractivity contribution >= 4 is 27.7 Å². The summed E-state index contributed by atoms with van der Waals surface area (Å²) >= 11 is 3.12. The molecule has 2 N–H and O–H groups in total. The summed E-state index contributed by atoms with van der Waals surface area (Å²) in [7, 11) is 0. The SMILES string of the molecule is O=C(CNC(=O)c1ccc(Br)o1)NCCCC1CCCC1. The van der Waals surface area contributed by atoms with E-state index >= 15 is 0 Å². The van der Waals surface area contributed by atoms with Crippen LogP contribution in [-0.2, 0) is 4.79 Å². The maximum absolute atomic E-state index is 11.7. The summed E-state index contributed by atoms with van der Waals surface area (Å²) in [5.74, 6) is 0.483. The van der Waals surface area contributed by atoms with Gasteiger partial charge in [0.2, 0.25) is 5.91 Å². The zero-order chi connectivity index (χ0) is 15.1. The molecular formula is C15H21BrN2O3. The van der Waals surface area contributed by atoms with Crippen LogP contribution in [0.2, 0.25) is 0 Å². The normalized spacial score (nSPS) is 15.1. The van der Waals surface area contributed by atoms with Gasteiger partial charge in [0.25, 0.3) is 5.91 Å². The Labute approximate surface area is 133 Å². The first-order valence-electron chi connectivity index (χ1n) is 7.45. The molecule has 0 bridgehead atoms. The predicted molar refractivity (Wildman–Crippen MR) is 82.9 cm³/mol. The van der Waals surface area contributed by atoms with Crippen molar-refractivity contribution in [2.75, 3.05) is 13.1 Å². The van der Waals surface area contributed by atoms with Gasteiger partial charge >= 0.3 is 0 Å². The number of nitrogens with one attached hydrogen (secondary N) is 2. The molecule has 1 saturated carbocycles. The number of furan rings is 1. The van der Waals surface area contributed by atoms with Crippen LogP contribution in [-0.4, -0.2) is 24.9 Å². The lowest BCUT2D eigenvalue weighted by Gasteiger charge is -2.09. The molecule has 21 heavy (non-hydrogen) atoms. The standard InChI is InChI=1S/C15H21BrN2O3/c16-13-8-7-12(21-13)15(20)18-10-14(19)17-9-3-6-11-4-1-2-5-11/h7-8,11H,1-6,9-10H2,(H,17,19)(H,18,20). The van der Waals surface area contributed by atoms with Crippen LogP contribution >= 0.6 is 15.9 Å². The average molecular weight is 357 g/mol. The summed E-state index contributed by atoms with van der Waals surface area (Å²) in [5.41, 5.74) is 0. The predicted octanol–water partition coefficient (Wildman–Crippen LogP) is 2.86. The largest absolute Gasteiger partial charge is 0.444 e. The molecule has 1 heterocycles. The van der Waals surface area contributed by atoms with E-state index in [-0.39, 0.29) is 24.1 Å². The second-order valence-corrected chi connectivity index (χ2v) is 6.21. The van der Waals surface area contributed by atoms with Gasteiger partial charge in [0.15, 0.2) is 10.4 Å². The number of carbonyl (C=O) groups excluding carboxylic acids is 2. The minimum Gasteiger partial charge on any atom is -0.444 e. The van der Waals surface area contributed by atoms with Crippen LogP contribution in [0.4, 0.5) is 0 Å². The lowest BCUT2D eigenvalue weighted by atomic mass is 10.0. The minimum atomic E-state index is -0.387. The molecular weight excluding hydrogens is 336 g/mol. The number of halogens is 1. The van der Waals surface area contributed by atoms with E-state index in [1.807, 2.05) is 0 Å². The molecule has 116 valence electrons. The molecule has 0 aliphatic heterocycles. The molecule has 0 saturated heterocycles. The first kappa shape index (κ1) is 16.1. The highest BCUT2D eigenvalue weighted by atomic mass is 79.9. The van der Waals surface area contributed by atoms with Crippen LogP contribution in [0.25, 0.3) is 0 Å². The number of amides is 2. The summed E-state index contributed by atoms with van der Waals surface area (Å²) in [6, 6.07) is 3.19. The zero-order valence-electron chi connectivity index (χ0n) is 12.0. The number of rotatable bonds is 7. The van der Waals surface area contributed by atoms with Gasteiger partial charge in [0.05, 0.1) is 6.54 Å². The Morgan fingerprint density at radius 3 is 2.67 bits per heavy atom. The Hall–Kier alpha value is -1.30. The minimum absolute atomic E-state index is 0.0272. The van der Waals surface area contributed by atoms with Crippen molar-refractivity contribution < 1.29 is 14.0 Å². The van der Waals surface area contributed by atoms with Crippen LogP contribution < -0.4 is 10.6 Å². The number of hydrogen-bond donors (Lipinski definition) is 2. The molecule has 6 heteroatoms. The average Bonchev–Trinajstić information content (AvgIpc) is 3.12. The maximum atomic E-state index is 11.7. The maximum Gasteiger partial charge on any atom is 0.287 e. The molecule has 1 fully saturated rings. The molecule has 2 amide bonds. The van der Waals surface area contributed by atoms with Gasteiger partial charge in [0, 0.05) is 6.54 Å². The molecule has 5 nitrogen and oxygen atoms in total. The summed E-state index contributed by atoms with van der Waals surface area (Å²) in [4.78, 5) is 23.3. The Morgan fingerprint density at radius 2 is 2.00 bits per heavy atom. The van der Waals surface area contributed by atoms with E-state index in [0.717, 1.165) is 12.3 Å². The van der Waals surface area contributed by atoms with Gasteiger partial charge in [-0.2, -0.15) is 0 Å². The van der Waals surface area contributed by atoms with Gasteiger partial charge in [0.1, 0.15) is 0 Å². The van der Waals surface area contributed by atoms with Gasteiger partial charge in [-0.05, 0) is 46.8 Å². The fourth-order valence-electron chi connectivity index (χ4n) is 2.66. The first-order chi connectivity index (χ1) is 10.1. The van der Waals surface area contributed by atoms with Crippen molar-refractivity contribution in [1.29, 1.82) is 0 Å². The van der Waals surface area contributed by atoms with Gasteiger partial charge in [-0.1, -0.05) is 25.7 Å². The van der Waals surface area contributed by atoms with Crippen molar-refractivity contribution in [2.24, 2.45) is 5.92 Å². The highest BCUT2D eigenvalue weighted by Crippen LogP contribution is 2.28. The van der Waals surface area contributed by atoms with Crippen LogP contribution in [0.5, 0.6) is 0 Å². The van der Waals surface area contributed by atoms with Crippen LogP contribution in [0.3, 0.4) is 0 Å². The molecule has 0 atom stereocenters. The lowest BCUT2D eigenvalue weighted by molar-refractivity contribution is -0.120. The highest BCUT2D eigenvalue weighted by Gasteiger charge is 2.14. The second kappa shape index (κ2) is 8.22. The van der Waals surface area contributed by atoms with Crippen molar-refractivity contribution in [2.45, 2.75) is 38.5 Å². The van der Waals surface area contributed by atoms with E-state index in [2.05, 4.69) is 26.6 Å². The molecule has 2 rings (SSSR count). The molecule has 1 aliphatic carbocycles. The Balaban J connectivity index is 1.55. The van der Waals surface area contributed by atoms with Crippen LogP contribution in [0.15, 0.2) is 21.2 Å². The number of carbonyl (C=O) groups is 2. The molecule has 1 aromatic rings. The molecule has 0 aromatic carbocycles. The third kappa shape index (κ3) is 5.53. The third-order valence-electron chi connectivity index (χ3n) is 3.79.